The first-order valence-electron chi connectivity index (χ1n) is 4.50. The van der Waals surface area contributed by atoms with Gasteiger partial charge in [-0.05, 0) is 13.3 Å². The topological polar surface area (TPSA) is 79.2 Å². The summed E-state index contributed by atoms with van der Waals surface area (Å²) in [5.74, 6) is 0. The summed E-state index contributed by atoms with van der Waals surface area (Å²) in [7, 11) is 3.67. The molecule has 1 rings (SSSR count). The fourth-order valence-corrected chi connectivity index (χ4v) is 1.25. The molecule has 0 bridgehead atoms. The predicted molar refractivity (Wildman–Crippen MR) is 52.9 cm³/mol. The van der Waals surface area contributed by atoms with Crippen LogP contribution in [0.15, 0.2) is 0 Å². The van der Waals surface area contributed by atoms with E-state index < -0.39 is 6.29 Å². The zero-order chi connectivity index (χ0) is 11.6. The van der Waals surface area contributed by atoms with Gasteiger partial charge in [-0.25, -0.2) is 0 Å². The number of ether oxygens (including phenoxy) is 2. The van der Waals surface area contributed by atoms with Gasteiger partial charge in [0.2, 0.25) is 0 Å². The summed E-state index contributed by atoms with van der Waals surface area (Å²) in [4.78, 5) is 0. The fraction of sp³-hybridized carbons (Fsp3) is 1.00. The maximum Gasteiger partial charge on any atom is 0.155 e. The van der Waals surface area contributed by atoms with Crippen LogP contribution in [0, 0.1) is 0 Å². The number of hydrogen-bond donors (Lipinski definition) is 3. The highest BCUT2D eigenvalue weighted by molar-refractivity contribution is 4.71. The molecule has 88 valence electrons. The van der Waals surface area contributed by atoms with Crippen LogP contribution in [0.3, 0.4) is 0 Å². The summed E-state index contributed by atoms with van der Waals surface area (Å²) in [5, 5.41) is 23.0. The number of aliphatic hydroxyl groups excluding tert-OH is 3. The molecule has 5 nitrogen and oxygen atoms in total. The molecule has 3 atom stereocenters. The van der Waals surface area contributed by atoms with Crippen molar-refractivity contribution < 1.29 is 24.8 Å². The van der Waals surface area contributed by atoms with Gasteiger partial charge in [0, 0.05) is 27.8 Å². The van der Waals surface area contributed by atoms with E-state index >= 15 is 0 Å². The minimum absolute atomic E-state index is 0.0220. The highest BCUT2D eigenvalue weighted by Crippen LogP contribution is 2.19. The molecule has 3 N–H and O–H groups in total. The molecule has 0 aliphatic carbocycles. The van der Waals surface area contributed by atoms with Crippen LogP contribution in [0.5, 0.6) is 0 Å². The van der Waals surface area contributed by atoms with Gasteiger partial charge in [-0.1, -0.05) is 0 Å². The molecule has 14 heavy (non-hydrogen) atoms. The summed E-state index contributed by atoms with van der Waals surface area (Å²) in [5.41, 5.74) is 0. The Morgan fingerprint density at radius 2 is 1.64 bits per heavy atom. The quantitative estimate of drug-likeness (QED) is 0.555. The molecule has 0 aromatic rings. The second-order valence-electron chi connectivity index (χ2n) is 2.65. The maximum absolute atomic E-state index is 9.02. The SMILES string of the molecule is CO.CO.COC1CCC(O)O[C@H]1C. The minimum Gasteiger partial charge on any atom is -0.400 e. The third kappa shape index (κ3) is 6.28. The normalized spacial score (nSPS) is 30.6. The lowest BCUT2D eigenvalue weighted by molar-refractivity contribution is -0.198. The minimum atomic E-state index is -0.582. The Bertz CT molecular complexity index is 109. The van der Waals surface area contributed by atoms with E-state index in [1.165, 1.54) is 0 Å². The Labute approximate surface area is 85.3 Å². The van der Waals surface area contributed by atoms with E-state index in [0.717, 1.165) is 20.6 Å². The first-order chi connectivity index (χ1) is 6.74. The Kier molecular flexibility index (Phi) is 12.6. The molecule has 1 aliphatic heterocycles. The summed E-state index contributed by atoms with van der Waals surface area (Å²) in [6, 6.07) is 0. The van der Waals surface area contributed by atoms with Crippen molar-refractivity contribution in [3.8, 4) is 0 Å². The van der Waals surface area contributed by atoms with Gasteiger partial charge in [-0.3, -0.25) is 0 Å². The van der Waals surface area contributed by atoms with Crippen molar-refractivity contribution in [2.24, 2.45) is 0 Å². The Morgan fingerprint density at radius 3 is 2.00 bits per heavy atom. The maximum atomic E-state index is 9.02. The molecule has 1 heterocycles. The lowest BCUT2D eigenvalue weighted by Gasteiger charge is -2.30. The van der Waals surface area contributed by atoms with Crippen LogP contribution in [-0.2, 0) is 9.47 Å². The largest absolute Gasteiger partial charge is 0.400 e. The molecule has 1 fully saturated rings. The average molecular weight is 210 g/mol. The zero-order valence-corrected chi connectivity index (χ0v) is 9.30. The monoisotopic (exact) mass is 210 g/mol. The highest BCUT2D eigenvalue weighted by Gasteiger charge is 2.26. The van der Waals surface area contributed by atoms with Crippen molar-refractivity contribution in [2.75, 3.05) is 21.3 Å². The second kappa shape index (κ2) is 10.9. The van der Waals surface area contributed by atoms with E-state index in [0.29, 0.717) is 6.42 Å². The van der Waals surface area contributed by atoms with Crippen molar-refractivity contribution in [1.82, 2.24) is 0 Å². The predicted octanol–water partition coefficient (Wildman–Crippen LogP) is -0.264. The highest BCUT2D eigenvalue weighted by atomic mass is 16.6. The van der Waals surface area contributed by atoms with Gasteiger partial charge in [0.25, 0.3) is 0 Å². The second-order valence-corrected chi connectivity index (χ2v) is 2.65. The van der Waals surface area contributed by atoms with Crippen LogP contribution in [-0.4, -0.2) is 55.1 Å². The van der Waals surface area contributed by atoms with Crippen LogP contribution in [0.4, 0.5) is 0 Å². The molecule has 0 amide bonds. The number of methoxy groups -OCH3 is 1. The van der Waals surface area contributed by atoms with Crippen molar-refractivity contribution >= 4 is 0 Å². The molecule has 2 unspecified atom stereocenters. The standard InChI is InChI=1S/C7H14O3.2CH4O/c1-5-6(9-2)3-4-7(8)10-5;2*1-2/h5-8H,3-4H2,1-2H3;2*2H,1H3/t5-,6?,7?;;/m0../s1. The van der Waals surface area contributed by atoms with E-state index in [2.05, 4.69) is 0 Å². The summed E-state index contributed by atoms with van der Waals surface area (Å²) in [6.45, 7) is 1.91. The Balaban J connectivity index is 0. The lowest BCUT2D eigenvalue weighted by Crippen LogP contribution is -2.37. The lowest BCUT2D eigenvalue weighted by atomic mass is 10.1. The van der Waals surface area contributed by atoms with Crippen molar-refractivity contribution in [3.05, 3.63) is 0 Å². The molecule has 5 heteroatoms. The van der Waals surface area contributed by atoms with Gasteiger partial charge in [-0.2, -0.15) is 0 Å². The van der Waals surface area contributed by atoms with E-state index in [1.54, 1.807) is 7.11 Å². The van der Waals surface area contributed by atoms with Gasteiger partial charge < -0.3 is 24.8 Å². The van der Waals surface area contributed by atoms with Crippen LogP contribution >= 0.6 is 0 Å². The smallest absolute Gasteiger partial charge is 0.155 e. The third-order valence-electron chi connectivity index (χ3n) is 1.90. The molecule has 0 spiro atoms. The van der Waals surface area contributed by atoms with Gasteiger partial charge in [0.15, 0.2) is 6.29 Å². The molecular weight excluding hydrogens is 188 g/mol. The first kappa shape index (κ1) is 16.2. The van der Waals surface area contributed by atoms with Crippen LogP contribution < -0.4 is 0 Å². The van der Waals surface area contributed by atoms with E-state index in [-0.39, 0.29) is 12.2 Å². The average Bonchev–Trinajstić information content (AvgIpc) is 2.24. The molecular formula is C9H22O5. The first-order valence-corrected chi connectivity index (χ1v) is 4.50. The molecule has 0 aromatic carbocycles. The van der Waals surface area contributed by atoms with Crippen LogP contribution in [0.25, 0.3) is 0 Å². The van der Waals surface area contributed by atoms with Gasteiger partial charge in [-0.15, -0.1) is 0 Å². The Morgan fingerprint density at radius 1 is 1.14 bits per heavy atom. The van der Waals surface area contributed by atoms with Gasteiger partial charge in [0.05, 0.1) is 12.2 Å². The number of rotatable bonds is 1. The van der Waals surface area contributed by atoms with E-state index in [4.69, 9.17) is 24.8 Å². The molecule has 1 aliphatic rings. The van der Waals surface area contributed by atoms with Crippen LogP contribution in [0.2, 0.25) is 0 Å². The Hall–Kier alpha value is -0.200. The number of hydrogen-bond acceptors (Lipinski definition) is 5. The van der Waals surface area contributed by atoms with Crippen molar-refractivity contribution in [3.63, 3.8) is 0 Å². The van der Waals surface area contributed by atoms with E-state index in [9.17, 15) is 0 Å². The van der Waals surface area contributed by atoms with Crippen molar-refractivity contribution in [2.45, 2.75) is 38.3 Å². The number of aliphatic hydroxyl groups is 3. The van der Waals surface area contributed by atoms with Crippen LogP contribution in [0.1, 0.15) is 19.8 Å². The summed E-state index contributed by atoms with van der Waals surface area (Å²) >= 11 is 0. The summed E-state index contributed by atoms with van der Waals surface area (Å²) < 4.78 is 10.2. The fourth-order valence-electron chi connectivity index (χ4n) is 1.25. The van der Waals surface area contributed by atoms with Gasteiger partial charge in [0.1, 0.15) is 0 Å². The van der Waals surface area contributed by atoms with Gasteiger partial charge >= 0.3 is 0 Å². The molecule has 0 radical (unpaired) electrons. The molecule has 1 saturated heterocycles. The molecule has 0 saturated carbocycles. The summed E-state index contributed by atoms with van der Waals surface area (Å²) in [6.07, 6.45) is 1.17. The molecule has 0 aromatic heterocycles. The van der Waals surface area contributed by atoms with E-state index in [1.807, 2.05) is 6.92 Å². The third-order valence-corrected chi connectivity index (χ3v) is 1.90. The van der Waals surface area contributed by atoms with Crippen molar-refractivity contribution in [1.29, 1.82) is 0 Å². The zero-order valence-electron chi connectivity index (χ0n) is 9.30.